The van der Waals surface area contributed by atoms with E-state index < -0.39 is 74.3 Å². The van der Waals surface area contributed by atoms with Crippen molar-refractivity contribution in [2.24, 2.45) is 0 Å². The van der Waals surface area contributed by atoms with Crippen LogP contribution < -0.4 is 10.6 Å². The third-order valence-corrected chi connectivity index (χ3v) is 8.66. The molecule has 2 saturated heterocycles. The average Bonchev–Trinajstić information content (AvgIpc) is 3.09. The lowest BCUT2D eigenvalue weighted by Gasteiger charge is -2.40. The fraction of sp³-hybridized carbons (Fsp3) is 0.576. The van der Waals surface area contributed by atoms with Gasteiger partial charge in [0.2, 0.25) is 0 Å². The molecule has 0 aliphatic carbocycles. The van der Waals surface area contributed by atoms with Crippen molar-refractivity contribution in [2.75, 3.05) is 26.3 Å². The first-order valence-electron chi connectivity index (χ1n) is 15.9. The predicted octanol–water partition coefficient (Wildman–Crippen LogP) is -1.17. The van der Waals surface area contributed by atoms with Crippen molar-refractivity contribution in [2.45, 2.75) is 93.1 Å². The molecule has 10 atom stereocenters. The van der Waals surface area contributed by atoms with Crippen molar-refractivity contribution < 1.29 is 59.9 Å². The maximum Gasteiger partial charge on any atom is 0.251 e. The Morgan fingerprint density at radius 1 is 0.553 bits per heavy atom. The molecule has 2 amide bonds. The van der Waals surface area contributed by atoms with Crippen molar-refractivity contribution in [3.05, 3.63) is 70.8 Å². The number of carbonyl (C=O) groups excluding carboxylic acids is 2. The lowest BCUT2D eigenvalue weighted by atomic mass is 9.90. The zero-order chi connectivity index (χ0) is 34.1. The summed E-state index contributed by atoms with van der Waals surface area (Å²) in [5.74, 6) is -0.621. The van der Waals surface area contributed by atoms with Crippen molar-refractivity contribution in [3.63, 3.8) is 0 Å². The summed E-state index contributed by atoms with van der Waals surface area (Å²) in [6, 6.07) is 12.8. The van der Waals surface area contributed by atoms with Gasteiger partial charge in [-0.2, -0.15) is 0 Å². The van der Waals surface area contributed by atoms with Gasteiger partial charge in [0.25, 0.3) is 11.8 Å². The van der Waals surface area contributed by atoms with Crippen LogP contribution in [-0.2, 0) is 9.47 Å². The fourth-order valence-electron chi connectivity index (χ4n) is 5.86. The smallest absolute Gasteiger partial charge is 0.251 e. The Morgan fingerprint density at radius 2 is 0.936 bits per heavy atom. The molecule has 10 N–H and O–H groups in total. The minimum Gasteiger partial charge on any atom is -0.394 e. The molecule has 0 saturated carbocycles. The highest BCUT2D eigenvalue weighted by Gasteiger charge is 2.45. The lowest BCUT2D eigenvalue weighted by molar-refractivity contribution is -0.231. The van der Waals surface area contributed by atoms with Gasteiger partial charge in [0.05, 0.1) is 13.2 Å². The summed E-state index contributed by atoms with van der Waals surface area (Å²) in [5, 5.41) is 85.5. The molecular weight excluding hydrogens is 616 g/mol. The van der Waals surface area contributed by atoms with E-state index in [4.69, 9.17) is 9.47 Å². The summed E-state index contributed by atoms with van der Waals surface area (Å²) in [6.45, 7) is -0.182. The van der Waals surface area contributed by atoms with Gasteiger partial charge < -0.3 is 61.0 Å². The standard InChI is InChI=1S/C33H46N2O12/c36-16-22-24(38)26(40)28(42)30(46-22)18-8-6-10-20(14-18)32(44)34-12-4-2-1-3-5-13-35-33(45)21-11-7-9-19(15-21)31-29(43)27(41)25(39)23(17-37)47-31/h6-11,14-15,22-31,36-43H,1-5,12-13,16-17H2,(H,34,44)(H,35,45)/t22-,23-,24-,25-,26+,27+,28-,29+,30-,31-/m1/s1. The molecule has 2 aliphatic heterocycles. The van der Waals surface area contributed by atoms with Crippen molar-refractivity contribution >= 4 is 11.8 Å². The molecule has 2 heterocycles. The molecule has 47 heavy (non-hydrogen) atoms. The van der Waals surface area contributed by atoms with Crippen LogP contribution in [0.15, 0.2) is 48.5 Å². The predicted molar refractivity (Wildman–Crippen MR) is 166 cm³/mol. The Bertz CT molecular complexity index is 1210. The van der Waals surface area contributed by atoms with Crippen LogP contribution in [0.2, 0.25) is 0 Å². The monoisotopic (exact) mass is 662 g/mol. The van der Waals surface area contributed by atoms with Gasteiger partial charge in [-0.3, -0.25) is 9.59 Å². The highest BCUT2D eigenvalue weighted by molar-refractivity contribution is 5.94. The molecule has 2 aliphatic rings. The van der Waals surface area contributed by atoms with Crippen LogP contribution in [0.1, 0.15) is 76.2 Å². The lowest BCUT2D eigenvalue weighted by Crippen LogP contribution is -2.55. The number of hydrogen-bond acceptors (Lipinski definition) is 12. The second-order valence-electron chi connectivity index (χ2n) is 12.0. The Balaban J connectivity index is 1.13. The van der Waals surface area contributed by atoms with E-state index in [0.717, 1.165) is 32.1 Å². The van der Waals surface area contributed by atoms with Gasteiger partial charge in [0, 0.05) is 24.2 Å². The van der Waals surface area contributed by atoms with Gasteiger partial charge >= 0.3 is 0 Å². The summed E-state index contributed by atoms with van der Waals surface area (Å²) >= 11 is 0. The molecule has 14 nitrogen and oxygen atoms in total. The van der Waals surface area contributed by atoms with E-state index >= 15 is 0 Å². The number of aliphatic hydroxyl groups is 8. The minimum absolute atomic E-state index is 0.310. The number of benzene rings is 2. The van der Waals surface area contributed by atoms with Gasteiger partial charge in [-0.15, -0.1) is 0 Å². The number of aliphatic hydroxyl groups excluding tert-OH is 8. The van der Waals surface area contributed by atoms with Crippen LogP contribution >= 0.6 is 0 Å². The number of unbranched alkanes of at least 4 members (excludes halogenated alkanes) is 4. The first kappa shape index (κ1) is 36.8. The summed E-state index contributed by atoms with van der Waals surface area (Å²) < 4.78 is 11.2. The van der Waals surface area contributed by atoms with E-state index in [1.165, 1.54) is 0 Å². The summed E-state index contributed by atoms with van der Waals surface area (Å²) in [7, 11) is 0. The van der Waals surface area contributed by atoms with Crippen molar-refractivity contribution in [1.29, 1.82) is 0 Å². The van der Waals surface area contributed by atoms with E-state index in [1.54, 1.807) is 48.5 Å². The maximum absolute atomic E-state index is 12.7. The molecule has 14 heteroatoms. The molecule has 0 radical (unpaired) electrons. The Labute approximate surface area is 272 Å². The average molecular weight is 663 g/mol. The quantitative estimate of drug-likeness (QED) is 0.108. The van der Waals surface area contributed by atoms with Gasteiger partial charge in [-0.25, -0.2) is 0 Å². The van der Waals surface area contributed by atoms with Crippen molar-refractivity contribution in [3.8, 4) is 0 Å². The summed E-state index contributed by atoms with van der Waals surface area (Å²) in [5.41, 5.74) is 1.55. The normalized spacial score (nSPS) is 30.9. The van der Waals surface area contributed by atoms with E-state index in [0.29, 0.717) is 35.3 Å². The number of ether oxygens (including phenoxy) is 2. The Morgan fingerprint density at radius 3 is 1.32 bits per heavy atom. The molecule has 2 aromatic carbocycles. The van der Waals surface area contributed by atoms with Crippen LogP contribution in [-0.4, -0.2) is 128 Å². The maximum atomic E-state index is 12.7. The molecule has 0 unspecified atom stereocenters. The third-order valence-electron chi connectivity index (χ3n) is 8.66. The Hall–Kier alpha value is -3.02. The number of carbonyl (C=O) groups is 2. The SMILES string of the molecule is O=C(NCCCCCCCNC(=O)c1cccc([C@H]2O[C@H](CO)[C@@H](O)[C@H](O)[C@@H]2O)c1)c1cccc([C@H]2O[C@H](CO)[C@@H](O)[C@H](O)[C@H]2O)c1. The van der Waals surface area contributed by atoms with Crippen LogP contribution in [0, 0.1) is 0 Å². The molecule has 0 spiro atoms. The first-order chi connectivity index (χ1) is 22.6. The topological polar surface area (TPSA) is 238 Å². The molecule has 2 aromatic rings. The van der Waals surface area contributed by atoms with Gasteiger partial charge in [-0.05, 0) is 48.2 Å². The highest BCUT2D eigenvalue weighted by Crippen LogP contribution is 2.34. The van der Waals surface area contributed by atoms with Gasteiger partial charge in [0.1, 0.15) is 61.0 Å². The van der Waals surface area contributed by atoms with E-state index in [9.17, 15) is 50.4 Å². The second kappa shape index (κ2) is 17.4. The van der Waals surface area contributed by atoms with E-state index in [2.05, 4.69) is 10.6 Å². The number of nitrogens with one attached hydrogen (secondary N) is 2. The number of rotatable bonds is 14. The zero-order valence-corrected chi connectivity index (χ0v) is 26.0. The highest BCUT2D eigenvalue weighted by atomic mass is 16.6. The molecule has 2 fully saturated rings. The van der Waals surface area contributed by atoms with E-state index in [-0.39, 0.29) is 11.8 Å². The molecule has 0 bridgehead atoms. The third kappa shape index (κ3) is 9.12. The summed E-state index contributed by atoms with van der Waals surface area (Å²) in [6.07, 6.45) is -8.84. The number of hydrogen-bond donors (Lipinski definition) is 10. The second-order valence-corrected chi connectivity index (χ2v) is 12.0. The first-order valence-corrected chi connectivity index (χ1v) is 15.9. The minimum atomic E-state index is -1.51. The van der Waals surface area contributed by atoms with Crippen LogP contribution in [0.25, 0.3) is 0 Å². The molecular formula is C33H46N2O12. The zero-order valence-electron chi connectivity index (χ0n) is 26.0. The van der Waals surface area contributed by atoms with Crippen molar-refractivity contribution in [1.82, 2.24) is 10.6 Å². The van der Waals surface area contributed by atoms with Crippen LogP contribution in [0.4, 0.5) is 0 Å². The molecule has 260 valence electrons. The van der Waals surface area contributed by atoms with Gasteiger partial charge in [-0.1, -0.05) is 43.5 Å². The van der Waals surface area contributed by atoms with Crippen LogP contribution in [0.5, 0.6) is 0 Å². The molecule has 0 aromatic heterocycles. The summed E-state index contributed by atoms with van der Waals surface area (Å²) in [4.78, 5) is 25.4. The van der Waals surface area contributed by atoms with Gasteiger partial charge in [0.15, 0.2) is 0 Å². The largest absolute Gasteiger partial charge is 0.394 e. The number of amides is 2. The Kier molecular flexibility index (Phi) is 13.6. The molecule has 4 rings (SSSR count). The fourth-order valence-corrected chi connectivity index (χ4v) is 5.86. The van der Waals surface area contributed by atoms with E-state index in [1.807, 2.05) is 0 Å². The van der Waals surface area contributed by atoms with Crippen LogP contribution in [0.3, 0.4) is 0 Å².